The van der Waals surface area contributed by atoms with Gasteiger partial charge in [-0.1, -0.05) is 29.8 Å². The van der Waals surface area contributed by atoms with Gasteiger partial charge in [0.2, 0.25) is 15.9 Å². The fourth-order valence-corrected chi connectivity index (χ4v) is 5.74. The second kappa shape index (κ2) is 7.63. The number of halogens is 1. The highest BCUT2D eigenvalue weighted by Gasteiger charge is 2.45. The lowest BCUT2D eigenvalue weighted by Gasteiger charge is -2.43. The molecule has 0 bridgehead atoms. The number of fused-ring (bicyclic) bond motifs is 1. The Morgan fingerprint density at radius 2 is 1.83 bits per heavy atom. The van der Waals surface area contributed by atoms with Crippen LogP contribution in [0.15, 0.2) is 53.4 Å². The Morgan fingerprint density at radius 3 is 2.55 bits per heavy atom. The van der Waals surface area contributed by atoms with E-state index in [9.17, 15) is 13.2 Å². The highest BCUT2D eigenvalue weighted by Crippen LogP contribution is 2.36. The Bertz CT molecular complexity index is 1030. The zero-order valence-electron chi connectivity index (χ0n) is 16.2. The first kappa shape index (κ1) is 20.2. The van der Waals surface area contributed by atoms with Crippen LogP contribution in [0.25, 0.3) is 0 Å². The number of amides is 1. The van der Waals surface area contributed by atoms with E-state index in [0.717, 1.165) is 5.56 Å². The van der Waals surface area contributed by atoms with Crippen LogP contribution in [0.5, 0.6) is 5.75 Å². The van der Waals surface area contributed by atoms with Gasteiger partial charge in [-0.25, -0.2) is 8.42 Å². The molecule has 0 aromatic heterocycles. The predicted octanol–water partition coefficient (Wildman–Crippen LogP) is 3.30. The molecule has 1 fully saturated rings. The molecule has 154 valence electrons. The number of sulfonamides is 1. The maximum Gasteiger partial charge on any atom is 0.243 e. The maximum absolute atomic E-state index is 13.2. The van der Waals surface area contributed by atoms with Gasteiger partial charge in [0.25, 0.3) is 0 Å². The largest absolute Gasteiger partial charge is 0.484 e. The quantitative estimate of drug-likeness (QED) is 0.727. The van der Waals surface area contributed by atoms with E-state index in [0.29, 0.717) is 43.2 Å². The third-order valence-electron chi connectivity index (χ3n) is 5.54. The van der Waals surface area contributed by atoms with Gasteiger partial charge in [-0.15, -0.1) is 0 Å². The van der Waals surface area contributed by atoms with E-state index in [-0.39, 0.29) is 17.3 Å². The van der Waals surface area contributed by atoms with Crippen molar-refractivity contribution in [2.24, 2.45) is 0 Å². The van der Waals surface area contributed by atoms with Gasteiger partial charge < -0.3 is 9.64 Å². The highest BCUT2D eigenvalue weighted by molar-refractivity contribution is 7.89. The standard InChI is InChI=1S/C21H23ClN2O4S/c1-16(25)23-13-17-5-2-3-6-20(17)28-21(14-23)11-4-12-24(15-21)29(26,27)19-9-7-18(22)8-10-19/h2-3,5-10H,4,11-15H2,1H3/t21-/m1/s1. The monoisotopic (exact) mass is 434 g/mol. The number of rotatable bonds is 2. The van der Waals surface area contributed by atoms with Crippen molar-refractivity contribution in [1.82, 2.24) is 9.21 Å². The van der Waals surface area contributed by atoms with Crippen LogP contribution in [0.4, 0.5) is 0 Å². The molecule has 6 nitrogen and oxygen atoms in total. The molecular weight excluding hydrogens is 412 g/mol. The van der Waals surface area contributed by atoms with Gasteiger partial charge in [0.05, 0.1) is 18.0 Å². The summed E-state index contributed by atoms with van der Waals surface area (Å²) in [4.78, 5) is 14.2. The first-order valence-electron chi connectivity index (χ1n) is 9.57. The maximum atomic E-state index is 13.2. The number of ether oxygens (including phenoxy) is 1. The first-order valence-corrected chi connectivity index (χ1v) is 11.4. The highest BCUT2D eigenvalue weighted by atomic mass is 35.5. The predicted molar refractivity (Wildman–Crippen MR) is 110 cm³/mol. The van der Waals surface area contributed by atoms with Gasteiger partial charge in [-0.05, 0) is 43.2 Å². The molecule has 1 amide bonds. The van der Waals surface area contributed by atoms with E-state index < -0.39 is 15.6 Å². The molecule has 2 aliphatic heterocycles. The van der Waals surface area contributed by atoms with Crippen LogP contribution in [-0.2, 0) is 21.4 Å². The van der Waals surface area contributed by atoms with Crippen molar-refractivity contribution in [3.05, 3.63) is 59.1 Å². The Hall–Kier alpha value is -2.09. The summed E-state index contributed by atoms with van der Waals surface area (Å²) in [6.07, 6.45) is 1.33. The summed E-state index contributed by atoms with van der Waals surface area (Å²) in [5.74, 6) is 0.657. The molecule has 2 aromatic rings. The van der Waals surface area contributed by atoms with Crippen LogP contribution in [0.1, 0.15) is 25.3 Å². The van der Waals surface area contributed by atoms with Crippen molar-refractivity contribution in [3.8, 4) is 5.75 Å². The van der Waals surface area contributed by atoms with Crippen molar-refractivity contribution in [2.75, 3.05) is 19.6 Å². The van der Waals surface area contributed by atoms with E-state index in [2.05, 4.69) is 0 Å². The Morgan fingerprint density at radius 1 is 1.10 bits per heavy atom. The number of hydrogen-bond acceptors (Lipinski definition) is 4. The van der Waals surface area contributed by atoms with Crippen LogP contribution in [0.2, 0.25) is 5.02 Å². The van der Waals surface area contributed by atoms with Crippen molar-refractivity contribution in [3.63, 3.8) is 0 Å². The summed E-state index contributed by atoms with van der Waals surface area (Å²) in [5.41, 5.74) is 0.146. The normalized spacial score (nSPS) is 22.6. The van der Waals surface area contributed by atoms with Crippen molar-refractivity contribution in [1.29, 1.82) is 0 Å². The molecule has 2 aromatic carbocycles. The molecule has 2 heterocycles. The third kappa shape index (κ3) is 3.99. The van der Waals surface area contributed by atoms with E-state index in [1.807, 2.05) is 24.3 Å². The molecule has 1 saturated heterocycles. The molecule has 1 spiro atoms. The fourth-order valence-electron chi connectivity index (χ4n) is 4.06. The molecule has 0 saturated carbocycles. The molecule has 0 unspecified atom stereocenters. The number of benzene rings is 2. The minimum Gasteiger partial charge on any atom is -0.484 e. The molecule has 2 aliphatic rings. The first-order chi connectivity index (χ1) is 13.8. The second-order valence-corrected chi connectivity index (χ2v) is 10.0. The molecule has 1 atom stereocenters. The van der Waals surface area contributed by atoms with Crippen LogP contribution in [-0.4, -0.2) is 48.8 Å². The summed E-state index contributed by atoms with van der Waals surface area (Å²) >= 11 is 5.91. The van der Waals surface area contributed by atoms with Gasteiger partial charge in [-0.2, -0.15) is 4.31 Å². The van der Waals surface area contributed by atoms with Crippen molar-refractivity contribution >= 4 is 27.5 Å². The molecule has 0 N–H and O–H groups in total. The van der Waals surface area contributed by atoms with Crippen molar-refractivity contribution in [2.45, 2.75) is 36.8 Å². The fraction of sp³-hybridized carbons (Fsp3) is 0.381. The van der Waals surface area contributed by atoms with Gasteiger partial charge in [0, 0.05) is 30.6 Å². The average molecular weight is 435 g/mol. The van der Waals surface area contributed by atoms with E-state index in [1.165, 1.54) is 23.4 Å². The molecule has 0 radical (unpaired) electrons. The van der Waals surface area contributed by atoms with Gasteiger partial charge >= 0.3 is 0 Å². The minimum atomic E-state index is -3.69. The van der Waals surface area contributed by atoms with Crippen LogP contribution >= 0.6 is 11.6 Å². The number of carbonyl (C=O) groups excluding carboxylic acids is 1. The van der Waals surface area contributed by atoms with Crippen LogP contribution < -0.4 is 4.74 Å². The molecule has 4 rings (SSSR count). The zero-order chi connectivity index (χ0) is 20.6. The third-order valence-corrected chi connectivity index (χ3v) is 7.65. The summed E-state index contributed by atoms with van der Waals surface area (Å²) in [7, 11) is -3.69. The van der Waals surface area contributed by atoms with Gasteiger partial charge in [0.15, 0.2) is 0 Å². The zero-order valence-corrected chi connectivity index (χ0v) is 17.7. The number of nitrogens with zero attached hydrogens (tertiary/aromatic N) is 2. The molecule has 0 aliphatic carbocycles. The van der Waals surface area contributed by atoms with Crippen molar-refractivity contribution < 1.29 is 17.9 Å². The minimum absolute atomic E-state index is 0.0534. The molecular formula is C21H23ClN2O4S. The van der Waals surface area contributed by atoms with E-state index >= 15 is 0 Å². The number of para-hydroxylation sites is 1. The lowest BCUT2D eigenvalue weighted by molar-refractivity contribution is -0.132. The average Bonchev–Trinajstić information content (AvgIpc) is 2.85. The summed E-state index contributed by atoms with van der Waals surface area (Å²) in [6.45, 7) is 2.95. The lowest BCUT2D eigenvalue weighted by Crippen LogP contribution is -2.58. The van der Waals surface area contributed by atoms with Crippen LogP contribution in [0, 0.1) is 0 Å². The number of carbonyl (C=O) groups is 1. The van der Waals surface area contributed by atoms with Gasteiger partial charge in [-0.3, -0.25) is 4.79 Å². The smallest absolute Gasteiger partial charge is 0.243 e. The topological polar surface area (TPSA) is 66.9 Å². The molecule has 8 heteroatoms. The Balaban J connectivity index is 1.68. The lowest BCUT2D eigenvalue weighted by atomic mass is 9.93. The Labute approximate surface area is 176 Å². The Kier molecular flexibility index (Phi) is 5.31. The summed E-state index contributed by atoms with van der Waals surface area (Å²) < 4.78 is 34.3. The summed E-state index contributed by atoms with van der Waals surface area (Å²) in [6, 6.07) is 13.8. The number of hydrogen-bond donors (Lipinski definition) is 0. The number of piperidine rings is 1. The SMILES string of the molecule is CC(=O)N1Cc2ccccc2O[C@]2(CCCN(S(=O)(=O)c3ccc(Cl)cc3)C2)C1. The molecule has 29 heavy (non-hydrogen) atoms. The van der Waals surface area contributed by atoms with Crippen LogP contribution in [0.3, 0.4) is 0 Å². The van der Waals surface area contributed by atoms with Gasteiger partial charge in [0.1, 0.15) is 11.4 Å². The second-order valence-electron chi connectivity index (χ2n) is 7.66. The summed E-state index contributed by atoms with van der Waals surface area (Å²) in [5, 5.41) is 0.486. The van der Waals surface area contributed by atoms with E-state index in [1.54, 1.807) is 17.0 Å². The van der Waals surface area contributed by atoms with E-state index in [4.69, 9.17) is 16.3 Å².